The van der Waals surface area contributed by atoms with Crippen molar-refractivity contribution in [1.82, 2.24) is 5.32 Å². The van der Waals surface area contributed by atoms with Crippen LogP contribution in [0.15, 0.2) is 0 Å². The van der Waals surface area contributed by atoms with Crippen LogP contribution < -0.4 is 40.0 Å². The molecular formula is C15H30NNaO2. The number of hydrogen-bond donors (Lipinski definition) is 1. The second kappa shape index (κ2) is 18.4. The van der Waals surface area contributed by atoms with Gasteiger partial charge >= 0.3 is 29.6 Å². The van der Waals surface area contributed by atoms with Crippen molar-refractivity contribution in [1.29, 1.82) is 0 Å². The van der Waals surface area contributed by atoms with Crippen LogP contribution in [0, 0.1) is 0 Å². The number of carboxylic acids is 1. The average molecular weight is 279 g/mol. The first kappa shape index (κ1) is 21.7. The molecule has 0 aromatic carbocycles. The van der Waals surface area contributed by atoms with E-state index in [1.807, 2.05) is 0 Å². The first-order valence-electron chi connectivity index (χ1n) is 7.68. The van der Waals surface area contributed by atoms with Gasteiger partial charge in [-0.15, -0.1) is 0 Å². The van der Waals surface area contributed by atoms with Crippen LogP contribution in [0.1, 0.15) is 77.6 Å². The summed E-state index contributed by atoms with van der Waals surface area (Å²) in [4.78, 5) is 10.1. The minimum absolute atomic E-state index is 0. The van der Waals surface area contributed by atoms with Gasteiger partial charge in [0.1, 0.15) is 0 Å². The molecule has 0 aromatic heterocycles. The summed E-state index contributed by atoms with van der Waals surface area (Å²) in [6, 6.07) is 0. The fourth-order valence-electron chi connectivity index (χ4n) is 2.10. The molecular weight excluding hydrogens is 249 g/mol. The van der Waals surface area contributed by atoms with Crippen LogP contribution in [-0.2, 0) is 4.79 Å². The molecule has 0 heterocycles. The Morgan fingerprint density at radius 3 is 1.68 bits per heavy atom. The normalized spacial score (nSPS) is 10.2. The standard InChI is InChI=1S/C15H31NO2.Na/c1-2-3-4-5-6-7-8-9-10-11-12-13-16-14-15(17)18;/h16H,2-14H2,1H3,(H,17,18);/q;+1/p-1. The third kappa shape index (κ3) is 20.9. The van der Waals surface area contributed by atoms with Crippen molar-refractivity contribution < 1.29 is 39.5 Å². The van der Waals surface area contributed by atoms with Gasteiger partial charge in [0.05, 0.1) is 5.97 Å². The van der Waals surface area contributed by atoms with E-state index in [-0.39, 0.29) is 36.1 Å². The Morgan fingerprint density at radius 2 is 1.26 bits per heavy atom. The SMILES string of the molecule is CCCCCCCCCCCCCNCC(=O)[O-].[Na+]. The molecule has 0 aliphatic rings. The minimum atomic E-state index is -1.02. The maximum absolute atomic E-state index is 10.1. The van der Waals surface area contributed by atoms with Gasteiger partial charge in [0.2, 0.25) is 0 Å². The molecule has 0 unspecified atom stereocenters. The molecule has 0 amide bonds. The van der Waals surface area contributed by atoms with Crippen LogP contribution in [0.4, 0.5) is 0 Å². The van der Waals surface area contributed by atoms with E-state index >= 15 is 0 Å². The average Bonchev–Trinajstić information content (AvgIpc) is 2.34. The van der Waals surface area contributed by atoms with Crippen LogP contribution in [0.25, 0.3) is 0 Å². The molecule has 0 saturated heterocycles. The third-order valence-electron chi connectivity index (χ3n) is 3.23. The molecule has 0 saturated carbocycles. The Hall–Kier alpha value is 0.430. The van der Waals surface area contributed by atoms with Crippen LogP contribution in [0.2, 0.25) is 0 Å². The third-order valence-corrected chi connectivity index (χ3v) is 3.23. The van der Waals surface area contributed by atoms with Gasteiger partial charge in [-0.05, 0) is 13.0 Å². The fraction of sp³-hybridized carbons (Fsp3) is 0.933. The van der Waals surface area contributed by atoms with Crippen molar-refractivity contribution in [3.8, 4) is 0 Å². The van der Waals surface area contributed by atoms with E-state index in [0.717, 1.165) is 13.0 Å². The van der Waals surface area contributed by atoms with Crippen molar-refractivity contribution in [2.45, 2.75) is 77.6 Å². The number of carbonyl (C=O) groups excluding carboxylic acids is 1. The number of carbonyl (C=O) groups is 1. The zero-order valence-electron chi connectivity index (χ0n) is 13.0. The van der Waals surface area contributed by atoms with Crippen molar-refractivity contribution in [2.75, 3.05) is 13.1 Å². The number of carboxylic acid groups (broad SMARTS) is 1. The minimum Gasteiger partial charge on any atom is -0.549 e. The van der Waals surface area contributed by atoms with E-state index in [0.29, 0.717) is 0 Å². The molecule has 0 bridgehead atoms. The van der Waals surface area contributed by atoms with E-state index < -0.39 is 5.97 Å². The molecule has 108 valence electrons. The summed E-state index contributed by atoms with van der Waals surface area (Å²) in [7, 11) is 0. The van der Waals surface area contributed by atoms with Crippen LogP contribution in [-0.4, -0.2) is 19.1 Å². The molecule has 0 atom stereocenters. The Balaban J connectivity index is 0. The molecule has 0 radical (unpaired) electrons. The molecule has 0 rings (SSSR count). The quantitative estimate of drug-likeness (QED) is 0.349. The van der Waals surface area contributed by atoms with Gasteiger partial charge in [-0.3, -0.25) is 0 Å². The fourth-order valence-corrected chi connectivity index (χ4v) is 2.10. The van der Waals surface area contributed by atoms with Crippen molar-refractivity contribution in [3.05, 3.63) is 0 Å². The molecule has 1 N–H and O–H groups in total. The van der Waals surface area contributed by atoms with Crippen molar-refractivity contribution in [3.63, 3.8) is 0 Å². The monoisotopic (exact) mass is 279 g/mol. The van der Waals surface area contributed by atoms with Gasteiger partial charge < -0.3 is 15.2 Å². The molecule has 19 heavy (non-hydrogen) atoms. The number of aliphatic carboxylic acids is 1. The zero-order valence-corrected chi connectivity index (χ0v) is 15.0. The number of unbranched alkanes of at least 4 members (excludes halogenated alkanes) is 10. The molecule has 0 aliphatic carbocycles. The van der Waals surface area contributed by atoms with Gasteiger partial charge in [0.15, 0.2) is 0 Å². The van der Waals surface area contributed by atoms with Gasteiger partial charge in [0, 0.05) is 6.54 Å². The topological polar surface area (TPSA) is 52.2 Å². The second-order valence-corrected chi connectivity index (χ2v) is 5.08. The zero-order chi connectivity index (χ0) is 13.5. The first-order valence-corrected chi connectivity index (χ1v) is 7.68. The molecule has 3 nitrogen and oxygen atoms in total. The Labute approximate surface area is 141 Å². The molecule has 4 heteroatoms. The van der Waals surface area contributed by atoms with Crippen molar-refractivity contribution >= 4 is 5.97 Å². The Bertz CT molecular complexity index is 189. The van der Waals surface area contributed by atoms with Gasteiger partial charge in [0.25, 0.3) is 0 Å². The van der Waals surface area contributed by atoms with E-state index in [1.54, 1.807) is 0 Å². The van der Waals surface area contributed by atoms with Crippen molar-refractivity contribution in [2.24, 2.45) is 0 Å². The predicted octanol–water partition coefficient (Wildman–Crippen LogP) is -0.359. The van der Waals surface area contributed by atoms with Crippen LogP contribution in [0.5, 0.6) is 0 Å². The van der Waals surface area contributed by atoms with Gasteiger partial charge in [-0.2, -0.15) is 0 Å². The smallest absolute Gasteiger partial charge is 0.549 e. The van der Waals surface area contributed by atoms with E-state index in [1.165, 1.54) is 64.2 Å². The van der Waals surface area contributed by atoms with Gasteiger partial charge in [-0.1, -0.05) is 71.1 Å². The second-order valence-electron chi connectivity index (χ2n) is 5.08. The number of nitrogens with one attached hydrogen (secondary N) is 1. The maximum atomic E-state index is 10.1. The summed E-state index contributed by atoms with van der Waals surface area (Å²) in [5, 5.41) is 13.0. The summed E-state index contributed by atoms with van der Waals surface area (Å²) >= 11 is 0. The summed E-state index contributed by atoms with van der Waals surface area (Å²) in [5.74, 6) is -1.02. The number of rotatable bonds is 14. The molecule has 0 aliphatic heterocycles. The Kier molecular flexibility index (Phi) is 21.1. The summed E-state index contributed by atoms with van der Waals surface area (Å²) in [5.41, 5.74) is 0. The van der Waals surface area contributed by atoms with E-state index in [9.17, 15) is 9.90 Å². The van der Waals surface area contributed by atoms with Crippen LogP contribution in [0.3, 0.4) is 0 Å². The van der Waals surface area contributed by atoms with E-state index in [4.69, 9.17) is 0 Å². The Morgan fingerprint density at radius 1 is 0.842 bits per heavy atom. The maximum Gasteiger partial charge on any atom is 1.00 e. The molecule has 0 spiro atoms. The molecule has 0 aromatic rings. The molecule has 0 fully saturated rings. The number of hydrogen-bond acceptors (Lipinski definition) is 3. The predicted molar refractivity (Wildman–Crippen MR) is 74.3 cm³/mol. The summed E-state index contributed by atoms with van der Waals surface area (Å²) in [6.07, 6.45) is 14.5. The summed E-state index contributed by atoms with van der Waals surface area (Å²) in [6.45, 7) is 3.03. The van der Waals surface area contributed by atoms with Gasteiger partial charge in [-0.25, -0.2) is 0 Å². The first-order chi connectivity index (χ1) is 8.77. The van der Waals surface area contributed by atoms with E-state index in [2.05, 4.69) is 12.2 Å². The van der Waals surface area contributed by atoms with Crippen LogP contribution >= 0.6 is 0 Å². The largest absolute Gasteiger partial charge is 1.00 e. The summed E-state index contributed by atoms with van der Waals surface area (Å²) < 4.78 is 0.